The molecule has 2 aromatic carbocycles. The fourth-order valence-electron chi connectivity index (χ4n) is 2.91. The minimum Gasteiger partial charge on any atom is -0.467 e. The zero-order chi connectivity index (χ0) is 21.9. The van der Waals surface area contributed by atoms with Gasteiger partial charge in [0, 0.05) is 12.6 Å². The SMILES string of the molecule is COC1=NN(C)C(O)N1c1ccccc1CO/N=C(/C)c1cccc(C(F)(F)F)c1. The van der Waals surface area contributed by atoms with E-state index in [-0.39, 0.29) is 12.6 Å². The lowest BCUT2D eigenvalue weighted by Crippen LogP contribution is -2.41. The van der Waals surface area contributed by atoms with E-state index in [0.717, 1.165) is 12.1 Å². The number of oxime groups is 1. The summed E-state index contributed by atoms with van der Waals surface area (Å²) in [6.45, 7) is 1.59. The van der Waals surface area contributed by atoms with Crippen molar-refractivity contribution in [1.29, 1.82) is 0 Å². The zero-order valence-corrected chi connectivity index (χ0v) is 16.6. The molecule has 160 valence electrons. The maximum absolute atomic E-state index is 12.9. The molecule has 10 heteroatoms. The summed E-state index contributed by atoms with van der Waals surface area (Å²) in [5.41, 5.74) is 1.14. The van der Waals surface area contributed by atoms with Gasteiger partial charge in [0.05, 0.1) is 24.1 Å². The molecule has 0 amide bonds. The molecule has 2 aromatic rings. The lowest BCUT2D eigenvalue weighted by molar-refractivity contribution is -0.137. The summed E-state index contributed by atoms with van der Waals surface area (Å²) in [5.74, 6) is 0. The maximum atomic E-state index is 12.9. The molecule has 1 N–H and O–H groups in total. The van der Waals surface area contributed by atoms with E-state index in [4.69, 9.17) is 9.57 Å². The number of hydrazone groups is 1. The van der Waals surface area contributed by atoms with Gasteiger partial charge in [-0.1, -0.05) is 35.5 Å². The van der Waals surface area contributed by atoms with Crippen LogP contribution in [-0.2, 0) is 22.4 Å². The van der Waals surface area contributed by atoms with E-state index in [2.05, 4.69) is 10.3 Å². The van der Waals surface area contributed by atoms with Crippen LogP contribution in [0.2, 0.25) is 0 Å². The second kappa shape index (κ2) is 8.62. The third-order valence-electron chi connectivity index (χ3n) is 4.48. The summed E-state index contributed by atoms with van der Waals surface area (Å²) in [6.07, 6.45) is -5.49. The number of aliphatic hydroxyl groups is 1. The topological polar surface area (TPSA) is 69.9 Å². The van der Waals surface area contributed by atoms with Crippen molar-refractivity contribution in [2.75, 3.05) is 19.1 Å². The number of ether oxygens (including phenoxy) is 1. The number of alkyl halides is 3. The number of benzene rings is 2. The maximum Gasteiger partial charge on any atom is 0.416 e. The number of methoxy groups -OCH3 is 1. The van der Waals surface area contributed by atoms with Crippen LogP contribution in [0.15, 0.2) is 58.8 Å². The van der Waals surface area contributed by atoms with Gasteiger partial charge in [-0.2, -0.15) is 13.2 Å². The molecule has 30 heavy (non-hydrogen) atoms. The molecule has 0 spiro atoms. The molecular formula is C20H21F3N4O3. The number of aliphatic hydroxyl groups excluding tert-OH is 1. The van der Waals surface area contributed by atoms with Crippen molar-refractivity contribution in [3.8, 4) is 0 Å². The van der Waals surface area contributed by atoms with E-state index in [9.17, 15) is 18.3 Å². The third kappa shape index (κ3) is 4.48. The van der Waals surface area contributed by atoms with Crippen LogP contribution < -0.4 is 4.90 Å². The summed E-state index contributed by atoms with van der Waals surface area (Å²) in [6, 6.07) is 12.2. The van der Waals surface area contributed by atoms with Crippen molar-refractivity contribution < 1.29 is 27.9 Å². The molecule has 1 aliphatic rings. The lowest BCUT2D eigenvalue weighted by Gasteiger charge is -2.26. The van der Waals surface area contributed by atoms with Crippen molar-refractivity contribution in [2.24, 2.45) is 10.3 Å². The van der Waals surface area contributed by atoms with Crippen molar-refractivity contribution in [2.45, 2.75) is 26.1 Å². The fraction of sp³-hybridized carbons (Fsp3) is 0.300. The number of hydrogen-bond acceptors (Lipinski definition) is 7. The largest absolute Gasteiger partial charge is 0.467 e. The fourth-order valence-corrected chi connectivity index (χ4v) is 2.91. The quantitative estimate of drug-likeness (QED) is 0.589. The zero-order valence-electron chi connectivity index (χ0n) is 16.6. The molecule has 1 aliphatic heterocycles. The first-order valence-electron chi connectivity index (χ1n) is 8.97. The Morgan fingerprint density at radius 2 is 1.93 bits per heavy atom. The lowest BCUT2D eigenvalue weighted by atomic mass is 10.1. The van der Waals surface area contributed by atoms with Gasteiger partial charge in [0.2, 0.25) is 6.35 Å². The highest BCUT2D eigenvalue weighted by Crippen LogP contribution is 2.30. The highest BCUT2D eigenvalue weighted by molar-refractivity contribution is 5.98. The molecule has 0 bridgehead atoms. The Kier molecular flexibility index (Phi) is 6.16. The average Bonchev–Trinajstić information content (AvgIpc) is 3.01. The van der Waals surface area contributed by atoms with Gasteiger partial charge in [0.1, 0.15) is 6.61 Å². The van der Waals surface area contributed by atoms with E-state index in [1.165, 1.54) is 29.2 Å². The second-order valence-corrected chi connectivity index (χ2v) is 6.53. The summed E-state index contributed by atoms with van der Waals surface area (Å²) in [7, 11) is 3.05. The Morgan fingerprint density at radius 1 is 1.20 bits per heavy atom. The molecule has 7 nitrogen and oxygen atoms in total. The molecule has 0 aliphatic carbocycles. The highest BCUT2D eigenvalue weighted by atomic mass is 19.4. The van der Waals surface area contributed by atoms with E-state index in [1.54, 1.807) is 38.2 Å². The normalized spacial score (nSPS) is 17.2. The van der Waals surface area contributed by atoms with Gasteiger partial charge in [-0.25, -0.2) is 9.91 Å². The molecule has 3 rings (SSSR count). The Balaban J connectivity index is 1.77. The smallest absolute Gasteiger partial charge is 0.416 e. The number of amidine groups is 1. The number of hydrogen-bond donors (Lipinski definition) is 1. The molecule has 1 heterocycles. The number of rotatable bonds is 5. The van der Waals surface area contributed by atoms with Gasteiger partial charge in [0.15, 0.2) is 0 Å². The van der Waals surface area contributed by atoms with Crippen LogP contribution >= 0.6 is 0 Å². The monoisotopic (exact) mass is 422 g/mol. The first-order valence-corrected chi connectivity index (χ1v) is 8.97. The van der Waals surface area contributed by atoms with Crippen LogP contribution in [-0.4, -0.2) is 42.4 Å². The Morgan fingerprint density at radius 3 is 2.63 bits per heavy atom. The summed E-state index contributed by atoms with van der Waals surface area (Å²) in [4.78, 5) is 6.88. The van der Waals surface area contributed by atoms with Crippen LogP contribution in [0.1, 0.15) is 23.6 Å². The second-order valence-electron chi connectivity index (χ2n) is 6.53. The van der Waals surface area contributed by atoms with Crippen molar-refractivity contribution in [1.82, 2.24) is 5.01 Å². The Bertz CT molecular complexity index is 962. The highest BCUT2D eigenvalue weighted by Gasteiger charge is 2.34. The molecule has 1 unspecified atom stereocenters. The Hall–Kier alpha value is -3.27. The van der Waals surface area contributed by atoms with E-state index < -0.39 is 18.1 Å². The van der Waals surface area contributed by atoms with E-state index in [1.807, 2.05) is 0 Å². The van der Waals surface area contributed by atoms with Gasteiger partial charge in [0.25, 0.3) is 0 Å². The van der Waals surface area contributed by atoms with Crippen LogP contribution in [0.4, 0.5) is 18.9 Å². The number of para-hydroxylation sites is 1. The predicted molar refractivity (Wildman–Crippen MR) is 106 cm³/mol. The predicted octanol–water partition coefficient (Wildman–Crippen LogP) is 3.59. The molecular weight excluding hydrogens is 401 g/mol. The van der Waals surface area contributed by atoms with Gasteiger partial charge >= 0.3 is 12.2 Å². The third-order valence-corrected chi connectivity index (χ3v) is 4.48. The Labute approximate surface area is 171 Å². The van der Waals surface area contributed by atoms with Crippen molar-refractivity contribution >= 4 is 17.4 Å². The summed E-state index contributed by atoms with van der Waals surface area (Å²) < 4.78 is 43.9. The van der Waals surface area contributed by atoms with Crippen molar-refractivity contribution in [3.63, 3.8) is 0 Å². The summed E-state index contributed by atoms with van der Waals surface area (Å²) in [5, 5.41) is 19.8. The standard InChI is InChI=1S/C20H21F3N4O3/c1-13(14-8-6-9-16(11-14)20(21,22)23)25-30-12-15-7-4-5-10-17(15)27-18(29-3)24-26(2)19(27)28/h4-11,19,28H,12H2,1-3H3/b25-13-. The molecule has 0 aromatic heterocycles. The van der Waals surface area contributed by atoms with Gasteiger partial charge in [-0.05, 0) is 30.7 Å². The number of halogens is 3. The molecule has 1 atom stereocenters. The van der Waals surface area contributed by atoms with Crippen LogP contribution in [0, 0.1) is 0 Å². The van der Waals surface area contributed by atoms with E-state index >= 15 is 0 Å². The van der Waals surface area contributed by atoms with Crippen LogP contribution in [0.5, 0.6) is 0 Å². The van der Waals surface area contributed by atoms with E-state index in [0.29, 0.717) is 22.5 Å². The van der Waals surface area contributed by atoms with Crippen molar-refractivity contribution in [3.05, 3.63) is 65.2 Å². The minimum absolute atomic E-state index is 0.0242. The van der Waals surface area contributed by atoms with Crippen LogP contribution in [0.3, 0.4) is 0 Å². The first-order chi connectivity index (χ1) is 14.2. The van der Waals surface area contributed by atoms with Crippen LogP contribution in [0.25, 0.3) is 0 Å². The van der Waals surface area contributed by atoms with Gasteiger partial charge in [-0.3, -0.25) is 0 Å². The number of nitrogens with zero attached hydrogens (tertiary/aromatic N) is 4. The molecule has 0 radical (unpaired) electrons. The first kappa shape index (κ1) is 21.4. The molecule has 0 saturated heterocycles. The van der Waals surface area contributed by atoms with Gasteiger partial charge in [-0.15, -0.1) is 5.10 Å². The molecule has 0 saturated carbocycles. The average molecular weight is 422 g/mol. The summed E-state index contributed by atoms with van der Waals surface area (Å²) >= 11 is 0. The minimum atomic E-state index is -4.43. The van der Waals surface area contributed by atoms with Gasteiger partial charge < -0.3 is 14.7 Å². The number of anilines is 1. The molecule has 0 fully saturated rings.